The molecule has 2 heteroatoms. The normalized spacial score (nSPS) is 11.3. The Balaban J connectivity index is 1.87. The molecule has 0 radical (unpaired) electrons. The minimum atomic E-state index is 1.19. The van der Waals surface area contributed by atoms with Crippen molar-refractivity contribution < 1.29 is 4.57 Å². The lowest BCUT2D eigenvalue weighted by Gasteiger charge is -2.01. The van der Waals surface area contributed by atoms with E-state index in [1.165, 1.54) is 68.2 Å². The Hall–Kier alpha value is -1.31. The molecule has 2 nitrogen and oxygen atoms in total. The highest BCUT2D eigenvalue weighted by Gasteiger charge is 2.18. The van der Waals surface area contributed by atoms with Gasteiger partial charge in [0.2, 0.25) is 0 Å². The summed E-state index contributed by atoms with van der Waals surface area (Å²) in [6, 6.07) is 8.67. The molecule has 0 bridgehead atoms. The molecule has 0 saturated carbocycles. The average molecular weight is 273 g/mol. The predicted octanol–water partition coefficient (Wildman–Crippen LogP) is 4.30. The summed E-state index contributed by atoms with van der Waals surface area (Å²) in [6.07, 6.45) is 10.8. The van der Waals surface area contributed by atoms with Crippen LogP contribution < -0.4 is 4.57 Å². The molecule has 1 aromatic heterocycles. The number of benzene rings is 1. The Morgan fingerprint density at radius 2 is 1.60 bits per heavy atom. The topological polar surface area (TPSA) is 8.81 Å². The number of para-hydroxylation sites is 2. The third-order valence-corrected chi connectivity index (χ3v) is 4.38. The largest absolute Gasteiger partial charge is 0.256 e. The highest BCUT2D eigenvalue weighted by molar-refractivity contribution is 5.72. The lowest BCUT2D eigenvalue weighted by Crippen LogP contribution is -2.32. The van der Waals surface area contributed by atoms with E-state index in [1.54, 1.807) is 0 Å². The highest BCUT2D eigenvalue weighted by atomic mass is 15.1. The van der Waals surface area contributed by atoms with Gasteiger partial charge in [-0.15, -0.1) is 0 Å². The molecule has 0 spiro atoms. The van der Waals surface area contributed by atoms with E-state index in [9.17, 15) is 0 Å². The van der Waals surface area contributed by atoms with Crippen LogP contribution in [0.25, 0.3) is 11.0 Å². The Labute approximate surface area is 123 Å². The molecule has 2 aromatic rings. The van der Waals surface area contributed by atoms with E-state index in [1.807, 2.05) is 0 Å². The van der Waals surface area contributed by atoms with Crippen LogP contribution in [0.3, 0.4) is 0 Å². The maximum Gasteiger partial charge on any atom is 0.256 e. The Morgan fingerprint density at radius 3 is 2.30 bits per heavy atom. The number of hydrogen-bond donors (Lipinski definition) is 0. The van der Waals surface area contributed by atoms with Crippen LogP contribution in [0.1, 0.15) is 57.7 Å². The van der Waals surface area contributed by atoms with E-state index in [0.717, 1.165) is 0 Å². The fourth-order valence-corrected chi connectivity index (χ4v) is 3.11. The summed E-state index contributed by atoms with van der Waals surface area (Å²) in [7, 11) is 4.39. The maximum absolute atomic E-state index is 2.35. The number of imidazole rings is 1. The van der Waals surface area contributed by atoms with Crippen molar-refractivity contribution >= 4 is 11.0 Å². The zero-order valence-electron chi connectivity index (χ0n) is 13.4. The molecular weight excluding hydrogens is 244 g/mol. The van der Waals surface area contributed by atoms with Gasteiger partial charge in [0.25, 0.3) is 5.82 Å². The van der Waals surface area contributed by atoms with Gasteiger partial charge in [-0.3, -0.25) is 0 Å². The van der Waals surface area contributed by atoms with Crippen molar-refractivity contribution in [3.8, 4) is 0 Å². The molecule has 0 fully saturated rings. The maximum atomic E-state index is 2.35. The summed E-state index contributed by atoms with van der Waals surface area (Å²) in [5, 5.41) is 0. The van der Waals surface area contributed by atoms with Gasteiger partial charge in [-0.25, -0.2) is 9.13 Å². The molecule has 1 heterocycles. The van der Waals surface area contributed by atoms with E-state index in [0.29, 0.717) is 0 Å². The highest BCUT2D eigenvalue weighted by Crippen LogP contribution is 2.14. The van der Waals surface area contributed by atoms with Crippen molar-refractivity contribution in [2.24, 2.45) is 14.1 Å². The van der Waals surface area contributed by atoms with E-state index in [4.69, 9.17) is 0 Å². The fourth-order valence-electron chi connectivity index (χ4n) is 3.11. The molecule has 0 saturated heterocycles. The quantitative estimate of drug-likeness (QED) is 0.501. The second kappa shape index (κ2) is 7.47. The van der Waals surface area contributed by atoms with Crippen molar-refractivity contribution in [1.29, 1.82) is 0 Å². The first kappa shape index (κ1) is 15.1. The third-order valence-electron chi connectivity index (χ3n) is 4.38. The lowest BCUT2D eigenvalue weighted by molar-refractivity contribution is -0.654. The van der Waals surface area contributed by atoms with Gasteiger partial charge in [-0.05, 0) is 18.6 Å². The molecule has 0 aliphatic heterocycles. The van der Waals surface area contributed by atoms with Crippen molar-refractivity contribution in [3.63, 3.8) is 0 Å². The Morgan fingerprint density at radius 1 is 0.950 bits per heavy atom. The average Bonchev–Trinajstić information content (AvgIpc) is 2.71. The monoisotopic (exact) mass is 273 g/mol. The van der Waals surface area contributed by atoms with Crippen LogP contribution in [0.4, 0.5) is 0 Å². The van der Waals surface area contributed by atoms with Gasteiger partial charge < -0.3 is 0 Å². The molecule has 0 atom stereocenters. The molecule has 0 N–H and O–H groups in total. The van der Waals surface area contributed by atoms with Crippen LogP contribution in [-0.4, -0.2) is 4.57 Å². The first-order valence-electron chi connectivity index (χ1n) is 8.18. The minimum absolute atomic E-state index is 1.19. The second-order valence-electron chi connectivity index (χ2n) is 5.89. The Bertz CT molecular complexity index is 501. The van der Waals surface area contributed by atoms with Crippen molar-refractivity contribution in [2.75, 3.05) is 0 Å². The van der Waals surface area contributed by atoms with E-state index >= 15 is 0 Å². The number of rotatable bonds is 8. The van der Waals surface area contributed by atoms with Gasteiger partial charge in [0.05, 0.1) is 14.1 Å². The van der Waals surface area contributed by atoms with Crippen LogP contribution in [0.15, 0.2) is 24.3 Å². The zero-order chi connectivity index (χ0) is 14.4. The van der Waals surface area contributed by atoms with Gasteiger partial charge in [0.15, 0.2) is 11.0 Å². The standard InChI is InChI=1S/C18H29N2/c1-4-5-6-7-8-9-10-15-18-19(2)16-13-11-12-14-17(16)20(18)3/h11-14H,4-10,15H2,1-3H3/q+1. The number of aromatic nitrogens is 2. The third kappa shape index (κ3) is 3.41. The molecule has 110 valence electrons. The number of unbranched alkanes of at least 4 members (excludes halogenated alkanes) is 6. The molecule has 2 rings (SSSR count). The summed E-state index contributed by atoms with van der Waals surface area (Å²) in [5.74, 6) is 1.44. The summed E-state index contributed by atoms with van der Waals surface area (Å²) in [4.78, 5) is 0. The summed E-state index contributed by atoms with van der Waals surface area (Å²) in [5.41, 5.74) is 2.68. The van der Waals surface area contributed by atoms with Crippen molar-refractivity contribution in [1.82, 2.24) is 4.57 Å². The van der Waals surface area contributed by atoms with Crippen LogP contribution in [0.5, 0.6) is 0 Å². The molecule has 0 aliphatic rings. The Kier molecular flexibility index (Phi) is 5.63. The predicted molar refractivity (Wildman–Crippen MR) is 85.8 cm³/mol. The van der Waals surface area contributed by atoms with Gasteiger partial charge in [-0.1, -0.05) is 57.6 Å². The number of fused-ring (bicyclic) bond motifs is 1. The molecule has 20 heavy (non-hydrogen) atoms. The minimum Gasteiger partial charge on any atom is -0.230 e. The van der Waals surface area contributed by atoms with Gasteiger partial charge in [0, 0.05) is 6.42 Å². The first-order valence-corrected chi connectivity index (χ1v) is 8.18. The molecule has 0 amide bonds. The molecule has 0 aliphatic carbocycles. The first-order chi connectivity index (χ1) is 9.75. The van der Waals surface area contributed by atoms with E-state index in [-0.39, 0.29) is 0 Å². The number of hydrogen-bond acceptors (Lipinski definition) is 0. The van der Waals surface area contributed by atoms with Gasteiger partial charge in [0.1, 0.15) is 0 Å². The SMILES string of the molecule is CCCCCCCCCc1n(C)c2ccccc2[n+]1C. The van der Waals surface area contributed by atoms with Gasteiger partial charge in [-0.2, -0.15) is 0 Å². The van der Waals surface area contributed by atoms with E-state index < -0.39 is 0 Å². The molecule has 0 unspecified atom stereocenters. The van der Waals surface area contributed by atoms with E-state index in [2.05, 4.69) is 54.4 Å². The fraction of sp³-hybridized carbons (Fsp3) is 0.611. The summed E-state index contributed by atoms with van der Waals surface area (Å²) < 4.78 is 4.71. The lowest BCUT2D eigenvalue weighted by atomic mass is 10.1. The van der Waals surface area contributed by atoms with Crippen molar-refractivity contribution in [3.05, 3.63) is 30.1 Å². The second-order valence-corrected chi connectivity index (χ2v) is 5.89. The zero-order valence-corrected chi connectivity index (χ0v) is 13.4. The smallest absolute Gasteiger partial charge is 0.230 e. The van der Waals surface area contributed by atoms with Crippen LogP contribution in [0.2, 0.25) is 0 Å². The van der Waals surface area contributed by atoms with Crippen LogP contribution >= 0.6 is 0 Å². The van der Waals surface area contributed by atoms with Gasteiger partial charge >= 0.3 is 0 Å². The number of aryl methyl sites for hydroxylation is 2. The van der Waals surface area contributed by atoms with Crippen molar-refractivity contribution in [2.45, 2.75) is 58.3 Å². The number of nitrogens with zero attached hydrogens (tertiary/aromatic N) is 2. The van der Waals surface area contributed by atoms with Crippen LogP contribution in [-0.2, 0) is 20.5 Å². The van der Waals surface area contributed by atoms with Crippen LogP contribution in [0, 0.1) is 0 Å². The summed E-state index contributed by atoms with van der Waals surface area (Å²) >= 11 is 0. The molecule has 1 aromatic carbocycles. The molecular formula is C18H29N2+. The summed E-state index contributed by atoms with van der Waals surface area (Å²) in [6.45, 7) is 2.28.